The molecule has 172 valence electrons. The van der Waals surface area contributed by atoms with Crippen molar-refractivity contribution in [3.05, 3.63) is 71.0 Å². The first-order chi connectivity index (χ1) is 15.9. The van der Waals surface area contributed by atoms with Gasteiger partial charge in [-0.3, -0.25) is 19.6 Å². The van der Waals surface area contributed by atoms with Gasteiger partial charge in [-0.05, 0) is 35.8 Å². The fraction of sp³-hybridized carbons (Fsp3) is 0.227. The number of hydrogen-bond acceptors (Lipinski definition) is 8. The smallest absolute Gasteiger partial charge is 0.311 e. The summed E-state index contributed by atoms with van der Waals surface area (Å²) in [5.41, 5.74) is 3.77. The first-order valence-corrected chi connectivity index (χ1v) is 12.6. The molecule has 1 heterocycles. The number of benzene rings is 2. The van der Waals surface area contributed by atoms with E-state index in [0.29, 0.717) is 11.4 Å². The average Bonchev–Trinajstić information content (AvgIpc) is 3.28. The molecule has 0 aliphatic heterocycles. The molecule has 3 aromatic rings. The number of ketones is 2. The predicted octanol–water partition coefficient (Wildman–Crippen LogP) is 4.67. The van der Waals surface area contributed by atoms with Gasteiger partial charge in [0.1, 0.15) is 0 Å². The topological polar surface area (TPSA) is 115 Å². The molecule has 0 bridgehead atoms. The van der Waals surface area contributed by atoms with Crippen LogP contribution in [0.3, 0.4) is 0 Å². The Morgan fingerprint density at radius 3 is 2.27 bits per heavy atom. The molecule has 1 unspecified atom stereocenters. The number of rotatable bonds is 10. The molecular formula is C22H24N5O4PS. The Hall–Kier alpha value is -3.20. The third kappa shape index (κ3) is 5.78. The minimum Gasteiger partial charge on any atom is -0.311 e. The Morgan fingerprint density at radius 1 is 1.06 bits per heavy atom. The zero-order valence-electron chi connectivity index (χ0n) is 18.5. The van der Waals surface area contributed by atoms with Crippen LogP contribution in [0.1, 0.15) is 37.2 Å². The second-order valence-electron chi connectivity index (χ2n) is 6.72. The number of aromatic nitrogens is 2. The highest BCUT2D eigenvalue weighted by atomic mass is 32.1. The fourth-order valence-electron chi connectivity index (χ4n) is 2.72. The van der Waals surface area contributed by atoms with Crippen molar-refractivity contribution in [2.45, 2.75) is 26.7 Å². The molecule has 3 rings (SSSR count). The maximum atomic E-state index is 13.8. The lowest BCUT2D eigenvalue weighted by Gasteiger charge is -2.12. The predicted molar refractivity (Wildman–Crippen MR) is 129 cm³/mol. The molecule has 0 fully saturated rings. The van der Waals surface area contributed by atoms with Gasteiger partial charge in [0.25, 0.3) is 0 Å². The standard InChI is InChI=1S/C22H24N5O4PS/c1-4-18(28)20-22(33-27(25-20)17-14-10-7-11-15-17)26-32(30,31-3)21(19(29)5-2)24-23-16-12-8-6-9-13-16/h6-15,23H,4-5H2,1-3H3. The molecule has 9 nitrogen and oxygen atoms in total. The van der Waals surface area contributed by atoms with Gasteiger partial charge in [0.05, 0.1) is 11.4 Å². The fourth-order valence-corrected chi connectivity index (χ4v) is 5.27. The van der Waals surface area contributed by atoms with Crippen molar-refractivity contribution in [1.82, 2.24) is 9.17 Å². The van der Waals surface area contributed by atoms with Crippen LogP contribution in [0, 0.1) is 0 Å². The Balaban J connectivity index is 2.15. The van der Waals surface area contributed by atoms with Gasteiger partial charge in [-0.25, -0.2) is 0 Å². The number of nitrogens with zero attached hydrogens (tertiary/aromatic N) is 4. The summed E-state index contributed by atoms with van der Waals surface area (Å²) in [5, 5.41) is 8.45. The van der Waals surface area contributed by atoms with Crippen molar-refractivity contribution in [2.75, 3.05) is 12.5 Å². The van der Waals surface area contributed by atoms with Gasteiger partial charge in [-0.15, -0.1) is 0 Å². The van der Waals surface area contributed by atoms with Crippen molar-refractivity contribution >= 4 is 41.8 Å². The summed E-state index contributed by atoms with van der Waals surface area (Å²) in [6.45, 7) is 3.33. The van der Waals surface area contributed by atoms with E-state index in [1.807, 2.05) is 36.4 Å². The van der Waals surface area contributed by atoms with Crippen LogP contribution in [-0.2, 0) is 13.9 Å². The summed E-state index contributed by atoms with van der Waals surface area (Å²) < 4.78 is 24.9. The number of Topliss-reactive ketones (excluding diaryl/α,β-unsaturated/α-hetero) is 2. The van der Waals surface area contributed by atoms with Gasteiger partial charge < -0.3 is 4.52 Å². The molecule has 0 aliphatic carbocycles. The molecule has 33 heavy (non-hydrogen) atoms. The molecule has 0 aliphatic rings. The number of anilines is 1. The summed E-state index contributed by atoms with van der Waals surface area (Å²) in [6, 6.07) is 18.1. The lowest BCUT2D eigenvalue weighted by molar-refractivity contribution is -0.112. The Kier molecular flexibility index (Phi) is 8.21. The van der Waals surface area contributed by atoms with E-state index >= 15 is 0 Å². The minimum absolute atomic E-state index is 0.0472. The third-order valence-corrected chi connectivity index (χ3v) is 7.40. The zero-order valence-corrected chi connectivity index (χ0v) is 20.2. The molecule has 0 radical (unpaired) electrons. The molecule has 2 aromatic carbocycles. The zero-order chi connectivity index (χ0) is 23.8. The van der Waals surface area contributed by atoms with E-state index in [0.717, 1.165) is 11.5 Å². The lowest BCUT2D eigenvalue weighted by Crippen LogP contribution is -2.18. The highest BCUT2D eigenvalue weighted by Crippen LogP contribution is 2.49. The average molecular weight is 486 g/mol. The Morgan fingerprint density at radius 2 is 1.70 bits per heavy atom. The molecule has 0 spiro atoms. The van der Waals surface area contributed by atoms with E-state index in [4.69, 9.17) is 4.52 Å². The first kappa shape index (κ1) is 24.4. The maximum Gasteiger partial charge on any atom is 0.369 e. The second-order valence-corrected chi connectivity index (χ2v) is 9.67. The molecular weight excluding hydrogens is 461 g/mol. The van der Waals surface area contributed by atoms with Crippen molar-refractivity contribution in [2.24, 2.45) is 9.86 Å². The van der Waals surface area contributed by atoms with Gasteiger partial charge >= 0.3 is 7.52 Å². The highest BCUT2D eigenvalue weighted by molar-refractivity contribution is 7.78. The largest absolute Gasteiger partial charge is 0.369 e. The van der Waals surface area contributed by atoms with Crippen LogP contribution >= 0.6 is 19.1 Å². The van der Waals surface area contributed by atoms with Gasteiger partial charge in [-0.1, -0.05) is 50.2 Å². The van der Waals surface area contributed by atoms with Crippen LogP contribution in [-0.4, -0.2) is 33.3 Å². The Labute approximate surface area is 195 Å². The van der Waals surface area contributed by atoms with Crippen LogP contribution < -0.4 is 10.1 Å². The van der Waals surface area contributed by atoms with E-state index in [9.17, 15) is 14.2 Å². The number of nitrogens with one attached hydrogen (secondary N) is 1. The van der Waals surface area contributed by atoms with E-state index in [-0.39, 0.29) is 34.4 Å². The number of carbonyl (C=O) groups is 2. The molecule has 1 atom stereocenters. The van der Waals surface area contributed by atoms with Gasteiger partial charge in [0, 0.05) is 20.0 Å². The SMILES string of the molecule is CCC(=O)C(=NNc1ccccc1)P(=O)(N=c1sn(-c2ccccc2)nc1C(=O)CC)OC. The highest BCUT2D eigenvalue weighted by Gasteiger charge is 2.35. The summed E-state index contributed by atoms with van der Waals surface area (Å²) in [4.78, 5) is 25.2. The van der Waals surface area contributed by atoms with Crippen molar-refractivity contribution in [3.63, 3.8) is 0 Å². The Bertz CT molecular complexity index is 1270. The van der Waals surface area contributed by atoms with E-state index in [1.165, 1.54) is 11.2 Å². The molecule has 1 N–H and O–H groups in total. The summed E-state index contributed by atoms with van der Waals surface area (Å²) in [5.74, 6) is -0.763. The van der Waals surface area contributed by atoms with Gasteiger partial charge in [-0.2, -0.15) is 19.0 Å². The van der Waals surface area contributed by atoms with Crippen LogP contribution in [0.5, 0.6) is 0 Å². The van der Waals surface area contributed by atoms with E-state index < -0.39 is 13.3 Å². The molecule has 0 amide bonds. The molecule has 1 aromatic heterocycles. The van der Waals surface area contributed by atoms with Crippen LogP contribution in [0.4, 0.5) is 5.69 Å². The van der Waals surface area contributed by atoms with E-state index in [2.05, 4.69) is 20.4 Å². The number of hydrogen-bond donors (Lipinski definition) is 1. The lowest BCUT2D eigenvalue weighted by atomic mass is 10.2. The summed E-state index contributed by atoms with van der Waals surface area (Å²) in [6.07, 6.45) is 0.231. The van der Waals surface area contributed by atoms with Gasteiger partial charge in [0.2, 0.25) is 5.45 Å². The van der Waals surface area contributed by atoms with Crippen molar-refractivity contribution in [1.29, 1.82) is 0 Å². The maximum absolute atomic E-state index is 13.8. The van der Waals surface area contributed by atoms with Crippen molar-refractivity contribution < 1.29 is 18.7 Å². The van der Waals surface area contributed by atoms with Crippen LogP contribution in [0.25, 0.3) is 5.69 Å². The summed E-state index contributed by atoms with van der Waals surface area (Å²) in [7, 11) is -2.94. The molecule has 11 heteroatoms. The van der Waals surface area contributed by atoms with Gasteiger partial charge in [0.15, 0.2) is 21.9 Å². The van der Waals surface area contributed by atoms with E-state index in [1.54, 1.807) is 38.1 Å². The third-order valence-electron chi connectivity index (χ3n) is 4.50. The minimum atomic E-state index is -4.13. The van der Waals surface area contributed by atoms with Crippen LogP contribution in [0.15, 0.2) is 70.5 Å². The first-order valence-electron chi connectivity index (χ1n) is 10.3. The van der Waals surface area contributed by atoms with Crippen LogP contribution in [0.2, 0.25) is 0 Å². The normalized spacial score (nSPS) is 14.0. The number of hydrazone groups is 1. The number of para-hydroxylation sites is 2. The second kappa shape index (κ2) is 11.1. The summed E-state index contributed by atoms with van der Waals surface area (Å²) >= 11 is 1.03. The monoisotopic (exact) mass is 485 g/mol. The van der Waals surface area contributed by atoms with Crippen molar-refractivity contribution in [3.8, 4) is 5.69 Å². The molecule has 0 saturated carbocycles. The quantitative estimate of drug-likeness (QED) is 0.193. The number of carbonyl (C=O) groups excluding carboxylic acids is 2. The molecule has 0 saturated heterocycles.